The number of aliphatic hydroxyl groups excluding tert-OH is 3. The lowest BCUT2D eigenvalue weighted by atomic mass is 10.1. The standard InChI is InChI=1S/C10H13N5O4/c11-8-5-9(13-2-12-8)15(3-14-5)10-7(18)6(17)4(1-16)19-10/h2-4,6-7,10,16-18H,1H2,(H2,11,12,13)/t4?,6?,7?,10-/m0/s1. The van der Waals surface area contributed by atoms with E-state index in [9.17, 15) is 10.2 Å². The van der Waals surface area contributed by atoms with Gasteiger partial charge in [-0.25, -0.2) is 15.0 Å². The monoisotopic (exact) mass is 267 g/mol. The van der Waals surface area contributed by atoms with Gasteiger partial charge in [0.25, 0.3) is 0 Å². The van der Waals surface area contributed by atoms with Crippen LogP contribution in [-0.4, -0.2) is 59.8 Å². The van der Waals surface area contributed by atoms with Crippen LogP contribution in [-0.2, 0) is 4.74 Å². The first kappa shape index (κ1) is 12.2. The second-order valence-electron chi connectivity index (χ2n) is 4.31. The van der Waals surface area contributed by atoms with E-state index in [-0.39, 0.29) is 5.82 Å². The van der Waals surface area contributed by atoms with Gasteiger partial charge in [0.15, 0.2) is 17.7 Å². The zero-order valence-electron chi connectivity index (χ0n) is 9.79. The molecule has 0 bridgehead atoms. The van der Waals surface area contributed by atoms with Crippen LogP contribution in [0.25, 0.3) is 11.2 Å². The third-order valence-electron chi connectivity index (χ3n) is 3.18. The number of imidazole rings is 1. The minimum Gasteiger partial charge on any atom is -0.394 e. The van der Waals surface area contributed by atoms with Crippen molar-refractivity contribution in [3.63, 3.8) is 0 Å². The highest BCUT2D eigenvalue weighted by atomic mass is 16.6. The first-order valence-corrected chi connectivity index (χ1v) is 5.69. The predicted molar refractivity (Wildman–Crippen MR) is 62.7 cm³/mol. The summed E-state index contributed by atoms with van der Waals surface area (Å²) in [6, 6.07) is 0. The van der Waals surface area contributed by atoms with E-state index in [1.54, 1.807) is 0 Å². The maximum Gasteiger partial charge on any atom is 0.167 e. The minimum absolute atomic E-state index is 0.218. The molecule has 4 atom stereocenters. The molecule has 1 fully saturated rings. The highest BCUT2D eigenvalue weighted by Crippen LogP contribution is 2.31. The zero-order chi connectivity index (χ0) is 13.6. The summed E-state index contributed by atoms with van der Waals surface area (Å²) in [5, 5.41) is 28.7. The maximum absolute atomic E-state index is 9.95. The average Bonchev–Trinajstić information content (AvgIpc) is 2.94. The number of ether oxygens (including phenoxy) is 1. The van der Waals surface area contributed by atoms with Gasteiger partial charge in [0.05, 0.1) is 12.9 Å². The molecule has 1 aliphatic rings. The quantitative estimate of drug-likeness (QED) is 0.491. The molecule has 0 aliphatic carbocycles. The molecule has 3 unspecified atom stereocenters. The van der Waals surface area contributed by atoms with Crippen molar-refractivity contribution < 1.29 is 20.1 Å². The fourth-order valence-corrected chi connectivity index (χ4v) is 2.17. The lowest BCUT2D eigenvalue weighted by molar-refractivity contribution is -0.0511. The molecule has 9 nitrogen and oxygen atoms in total. The van der Waals surface area contributed by atoms with Crippen molar-refractivity contribution in [2.24, 2.45) is 0 Å². The molecule has 0 amide bonds. The van der Waals surface area contributed by atoms with Crippen molar-refractivity contribution in [2.45, 2.75) is 24.5 Å². The summed E-state index contributed by atoms with van der Waals surface area (Å²) in [4.78, 5) is 11.9. The van der Waals surface area contributed by atoms with Crippen molar-refractivity contribution in [2.75, 3.05) is 12.3 Å². The van der Waals surface area contributed by atoms with Gasteiger partial charge in [-0.15, -0.1) is 0 Å². The molecule has 5 N–H and O–H groups in total. The van der Waals surface area contributed by atoms with Crippen molar-refractivity contribution in [1.82, 2.24) is 19.5 Å². The van der Waals surface area contributed by atoms with E-state index in [0.29, 0.717) is 11.2 Å². The first-order valence-electron chi connectivity index (χ1n) is 5.69. The van der Waals surface area contributed by atoms with Crippen molar-refractivity contribution in [3.05, 3.63) is 12.7 Å². The number of nitrogens with two attached hydrogens (primary N) is 1. The Bertz CT molecular complexity index is 603. The van der Waals surface area contributed by atoms with Crippen LogP contribution in [0.4, 0.5) is 5.82 Å². The molecule has 0 spiro atoms. The summed E-state index contributed by atoms with van der Waals surface area (Å²) in [7, 11) is 0. The Morgan fingerprint density at radius 2 is 2.05 bits per heavy atom. The van der Waals surface area contributed by atoms with Gasteiger partial charge in [-0.05, 0) is 0 Å². The first-order chi connectivity index (χ1) is 9.13. The Labute approximate surface area is 107 Å². The summed E-state index contributed by atoms with van der Waals surface area (Å²) in [5.41, 5.74) is 6.44. The maximum atomic E-state index is 9.95. The molecule has 3 rings (SSSR count). The van der Waals surface area contributed by atoms with E-state index < -0.39 is 31.1 Å². The van der Waals surface area contributed by atoms with Crippen LogP contribution < -0.4 is 5.73 Å². The van der Waals surface area contributed by atoms with Gasteiger partial charge in [-0.3, -0.25) is 4.57 Å². The molecule has 2 aromatic heterocycles. The smallest absolute Gasteiger partial charge is 0.167 e. The van der Waals surface area contributed by atoms with E-state index >= 15 is 0 Å². The minimum atomic E-state index is -1.19. The fourth-order valence-electron chi connectivity index (χ4n) is 2.17. The Morgan fingerprint density at radius 3 is 2.74 bits per heavy atom. The number of aromatic nitrogens is 4. The van der Waals surface area contributed by atoms with Crippen LogP contribution in [0.5, 0.6) is 0 Å². The van der Waals surface area contributed by atoms with Crippen molar-refractivity contribution in [1.29, 1.82) is 0 Å². The summed E-state index contributed by atoms with van der Waals surface area (Å²) in [6.45, 7) is -0.390. The number of nitrogens with zero attached hydrogens (tertiary/aromatic N) is 4. The molecule has 2 aromatic rings. The van der Waals surface area contributed by atoms with E-state index in [0.717, 1.165) is 0 Å². The van der Waals surface area contributed by atoms with E-state index in [2.05, 4.69) is 15.0 Å². The van der Waals surface area contributed by atoms with Crippen LogP contribution >= 0.6 is 0 Å². The van der Waals surface area contributed by atoms with Crippen LogP contribution in [0.15, 0.2) is 12.7 Å². The van der Waals surface area contributed by atoms with Gasteiger partial charge in [-0.1, -0.05) is 0 Å². The number of fused-ring (bicyclic) bond motifs is 1. The lowest BCUT2D eigenvalue weighted by Gasteiger charge is -2.16. The van der Waals surface area contributed by atoms with Crippen LogP contribution in [0.3, 0.4) is 0 Å². The molecule has 1 saturated heterocycles. The molecule has 3 heterocycles. The van der Waals surface area contributed by atoms with Gasteiger partial charge < -0.3 is 25.8 Å². The topological polar surface area (TPSA) is 140 Å². The predicted octanol–water partition coefficient (Wildman–Crippen LogP) is -1.98. The number of nitrogen functional groups attached to an aromatic ring is 1. The number of hydrogen-bond donors (Lipinski definition) is 4. The Balaban J connectivity index is 2.04. The lowest BCUT2D eigenvalue weighted by Crippen LogP contribution is -2.33. The summed E-state index contributed by atoms with van der Waals surface area (Å²) in [6.07, 6.45) is -1.42. The largest absolute Gasteiger partial charge is 0.394 e. The van der Waals surface area contributed by atoms with Crippen molar-refractivity contribution in [3.8, 4) is 0 Å². The van der Waals surface area contributed by atoms with Gasteiger partial charge in [0.1, 0.15) is 30.2 Å². The van der Waals surface area contributed by atoms with E-state index in [1.165, 1.54) is 17.2 Å². The number of aliphatic hydroxyl groups is 3. The Kier molecular flexibility index (Phi) is 2.82. The van der Waals surface area contributed by atoms with Crippen LogP contribution in [0.1, 0.15) is 6.23 Å². The molecule has 0 radical (unpaired) electrons. The number of hydrogen-bond acceptors (Lipinski definition) is 8. The Hall–Kier alpha value is -1.81. The zero-order valence-corrected chi connectivity index (χ0v) is 9.79. The second kappa shape index (κ2) is 4.38. The number of anilines is 1. The average molecular weight is 267 g/mol. The molecule has 9 heteroatoms. The van der Waals surface area contributed by atoms with Gasteiger partial charge in [0.2, 0.25) is 0 Å². The summed E-state index contributed by atoms with van der Waals surface area (Å²) >= 11 is 0. The van der Waals surface area contributed by atoms with Crippen LogP contribution in [0, 0.1) is 0 Å². The highest BCUT2D eigenvalue weighted by molar-refractivity contribution is 5.81. The van der Waals surface area contributed by atoms with Gasteiger partial charge >= 0.3 is 0 Å². The SMILES string of the molecule is Nc1ncnc2c1ncn2[C@H]1OC(CO)C(O)C1O. The Morgan fingerprint density at radius 1 is 1.26 bits per heavy atom. The normalized spacial score (nSPS) is 31.1. The van der Waals surface area contributed by atoms with Gasteiger partial charge in [-0.2, -0.15) is 0 Å². The molecule has 1 aliphatic heterocycles. The molecular formula is C10H13N5O4. The highest BCUT2D eigenvalue weighted by Gasteiger charge is 2.43. The third kappa shape index (κ3) is 1.75. The molecule has 19 heavy (non-hydrogen) atoms. The summed E-state index contributed by atoms with van der Waals surface area (Å²) in [5.74, 6) is 0.218. The second-order valence-corrected chi connectivity index (χ2v) is 4.31. The molecule has 0 aromatic carbocycles. The van der Waals surface area contributed by atoms with E-state index in [1.807, 2.05) is 0 Å². The number of rotatable bonds is 2. The molecular weight excluding hydrogens is 254 g/mol. The van der Waals surface area contributed by atoms with Crippen molar-refractivity contribution >= 4 is 17.0 Å². The van der Waals surface area contributed by atoms with Crippen LogP contribution in [0.2, 0.25) is 0 Å². The van der Waals surface area contributed by atoms with E-state index in [4.69, 9.17) is 15.6 Å². The fraction of sp³-hybridized carbons (Fsp3) is 0.500. The molecule has 0 saturated carbocycles. The summed E-state index contributed by atoms with van der Waals surface area (Å²) < 4.78 is 6.85. The molecule has 102 valence electrons. The third-order valence-corrected chi connectivity index (χ3v) is 3.18. The van der Waals surface area contributed by atoms with Gasteiger partial charge in [0, 0.05) is 0 Å².